The third kappa shape index (κ3) is 8.71. The first-order valence-corrected chi connectivity index (χ1v) is 14.1. The van der Waals surface area contributed by atoms with Crippen LogP contribution in [0.15, 0.2) is 78.9 Å². The van der Waals surface area contributed by atoms with Crippen molar-refractivity contribution in [2.24, 2.45) is 5.73 Å². The Morgan fingerprint density at radius 3 is 2.10 bits per heavy atom. The van der Waals surface area contributed by atoms with Crippen molar-refractivity contribution in [3.63, 3.8) is 0 Å². The minimum absolute atomic E-state index is 0.0250. The first-order chi connectivity index (χ1) is 20.2. The second-order valence-electron chi connectivity index (χ2n) is 10.3. The predicted octanol–water partition coefficient (Wildman–Crippen LogP) is 3.43. The summed E-state index contributed by atoms with van der Waals surface area (Å²) in [7, 11) is 4.52. The molecule has 3 N–H and O–H groups in total. The molecule has 3 rings (SSSR count). The molecule has 0 saturated carbocycles. The van der Waals surface area contributed by atoms with Gasteiger partial charge in [0.05, 0.1) is 6.61 Å². The minimum atomic E-state index is -0.996. The maximum atomic E-state index is 14.5. The Bertz CT molecular complexity index is 1320. The summed E-state index contributed by atoms with van der Waals surface area (Å²) < 4.78 is 20.0. The fraction of sp³-hybridized carbons (Fsp3) is 0.364. The SMILES string of the molecule is CCC(N)COCC(=O)N(C)[C@H](Cc1ccc(-c2ccccc2)cc1)C(=O)N(C)[C@H](Cc1ccccc1F)C(=O)NC. The second kappa shape index (κ2) is 15.8. The number of benzene rings is 3. The number of rotatable bonds is 14. The number of nitrogens with one attached hydrogen (secondary N) is 1. The van der Waals surface area contributed by atoms with Crippen LogP contribution in [-0.2, 0) is 32.0 Å². The highest BCUT2D eigenvalue weighted by Gasteiger charge is 2.35. The van der Waals surface area contributed by atoms with Crippen LogP contribution in [0.25, 0.3) is 11.1 Å². The largest absolute Gasteiger partial charge is 0.370 e. The van der Waals surface area contributed by atoms with Crippen molar-refractivity contribution in [2.75, 3.05) is 34.4 Å². The highest BCUT2D eigenvalue weighted by molar-refractivity contribution is 5.92. The van der Waals surface area contributed by atoms with Gasteiger partial charge < -0.3 is 25.6 Å². The Balaban J connectivity index is 1.88. The number of hydrogen-bond acceptors (Lipinski definition) is 5. The molecule has 0 bridgehead atoms. The van der Waals surface area contributed by atoms with Gasteiger partial charge >= 0.3 is 0 Å². The van der Waals surface area contributed by atoms with E-state index in [0.29, 0.717) is 12.0 Å². The molecule has 0 aliphatic rings. The maximum Gasteiger partial charge on any atom is 0.249 e. The molecule has 0 saturated heterocycles. The molecule has 3 atom stereocenters. The number of amides is 3. The molecule has 3 aromatic rings. The van der Waals surface area contributed by atoms with Crippen LogP contribution in [0.5, 0.6) is 0 Å². The fourth-order valence-corrected chi connectivity index (χ4v) is 4.60. The summed E-state index contributed by atoms with van der Waals surface area (Å²) in [5, 5.41) is 2.58. The van der Waals surface area contributed by atoms with Gasteiger partial charge in [-0.05, 0) is 34.7 Å². The topological polar surface area (TPSA) is 105 Å². The van der Waals surface area contributed by atoms with Crippen molar-refractivity contribution in [3.05, 3.63) is 95.8 Å². The van der Waals surface area contributed by atoms with Crippen LogP contribution in [0.2, 0.25) is 0 Å². The van der Waals surface area contributed by atoms with Gasteiger partial charge in [-0.25, -0.2) is 4.39 Å². The Hall–Kier alpha value is -4.08. The van der Waals surface area contributed by atoms with Crippen LogP contribution < -0.4 is 11.1 Å². The number of nitrogens with zero attached hydrogens (tertiary/aromatic N) is 2. The van der Waals surface area contributed by atoms with E-state index in [0.717, 1.165) is 16.7 Å². The maximum absolute atomic E-state index is 14.5. The molecule has 0 aliphatic carbocycles. The zero-order valence-corrected chi connectivity index (χ0v) is 24.8. The van der Waals surface area contributed by atoms with E-state index < -0.39 is 35.6 Å². The first kappa shape index (κ1) is 32.4. The second-order valence-corrected chi connectivity index (χ2v) is 10.3. The van der Waals surface area contributed by atoms with E-state index in [4.69, 9.17) is 10.5 Å². The molecule has 3 amide bonds. The van der Waals surface area contributed by atoms with Gasteiger partial charge in [0.25, 0.3) is 0 Å². The van der Waals surface area contributed by atoms with Crippen LogP contribution >= 0.6 is 0 Å². The van der Waals surface area contributed by atoms with Crippen LogP contribution in [0.3, 0.4) is 0 Å². The molecule has 1 unspecified atom stereocenters. The zero-order valence-electron chi connectivity index (χ0n) is 24.8. The minimum Gasteiger partial charge on any atom is -0.370 e. The molecule has 0 heterocycles. The molecule has 0 radical (unpaired) electrons. The van der Waals surface area contributed by atoms with Crippen LogP contribution in [0, 0.1) is 5.82 Å². The average Bonchev–Trinajstić information content (AvgIpc) is 3.02. The number of likely N-dealkylation sites (N-methyl/N-ethyl adjacent to an activating group) is 3. The van der Waals surface area contributed by atoms with Crippen molar-refractivity contribution < 1.29 is 23.5 Å². The van der Waals surface area contributed by atoms with E-state index in [9.17, 15) is 18.8 Å². The first-order valence-electron chi connectivity index (χ1n) is 14.1. The molecule has 42 heavy (non-hydrogen) atoms. The van der Waals surface area contributed by atoms with Crippen molar-refractivity contribution in [1.29, 1.82) is 0 Å². The summed E-state index contributed by atoms with van der Waals surface area (Å²) in [5.41, 5.74) is 9.14. The van der Waals surface area contributed by atoms with Gasteiger partial charge in [0.15, 0.2) is 0 Å². The Labute approximate surface area is 247 Å². The van der Waals surface area contributed by atoms with Crippen LogP contribution in [0.1, 0.15) is 24.5 Å². The van der Waals surface area contributed by atoms with E-state index in [1.54, 1.807) is 25.2 Å². The molecule has 9 heteroatoms. The fourth-order valence-electron chi connectivity index (χ4n) is 4.60. The van der Waals surface area contributed by atoms with E-state index >= 15 is 0 Å². The summed E-state index contributed by atoms with van der Waals surface area (Å²) in [6.45, 7) is 1.91. The van der Waals surface area contributed by atoms with Gasteiger partial charge in [0.2, 0.25) is 17.7 Å². The Kier molecular flexibility index (Phi) is 12.2. The van der Waals surface area contributed by atoms with Gasteiger partial charge in [0, 0.05) is 40.0 Å². The zero-order chi connectivity index (χ0) is 30.6. The number of halogens is 1. The summed E-state index contributed by atoms with van der Waals surface area (Å²) in [6, 6.07) is 21.7. The Morgan fingerprint density at radius 1 is 0.857 bits per heavy atom. The van der Waals surface area contributed by atoms with E-state index in [1.807, 2.05) is 61.5 Å². The lowest BCUT2D eigenvalue weighted by molar-refractivity contribution is -0.149. The van der Waals surface area contributed by atoms with Gasteiger partial charge in [-0.3, -0.25) is 14.4 Å². The van der Waals surface area contributed by atoms with Crippen molar-refractivity contribution in [1.82, 2.24) is 15.1 Å². The molecule has 3 aromatic carbocycles. The van der Waals surface area contributed by atoms with E-state index in [-0.39, 0.29) is 32.1 Å². The lowest BCUT2D eigenvalue weighted by Gasteiger charge is -2.34. The molecule has 0 fully saturated rings. The molecule has 224 valence electrons. The summed E-state index contributed by atoms with van der Waals surface area (Å²) in [5.74, 6) is -1.74. The number of hydrogen-bond donors (Lipinski definition) is 2. The third-order valence-electron chi connectivity index (χ3n) is 7.45. The lowest BCUT2D eigenvalue weighted by Crippen LogP contribution is -2.56. The van der Waals surface area contributed by atoms with Crippen molar-refractivity contribution in [2.45, 2.75) is 44.3 Å². The highest BCUT2D eigenvalue weighted by atomic mass is 19.1. The normalized spacial score (nSPS) is 13.1. The van der Waals surface area contributed by atoms with E-state index in [1.165, 1.54) is 30.0 Å². The predicted molar refractivity (Wildman–Crippen MR) is 162 cm³/mol. The number of carbonyl (C=O) groups excluding carboxylic acids is 3. The van der Waals surface area contributed by atoms with E-state index in [2.05, 4.69) is 5.32 Å². The molecule has 0 aliphatic heterocycles. The quantitative estimate of drug-likeness (QED) is 0.306. The summed E-state index contributed by atoms with van der Waals surface area (Å²) in [4.78, 5) is 42.8. The van der Waals surface area contributed by atoms with Gasteiger partial charge in [0.1, 0.15) is 24.5 Å². The Morgan fingerprint density at radius 2 is 1.48 bits per heavy atom. The molecular formula is C33H41FN4O4. The summed E-state index contributed by atoms with van der Waals surface area (Å²) in [6.07, 6.45) is 0.885. The van der Waals surface area contributed by atoms with Gasteiger partial charge in [-0.1, -0.05) is 79.7 Å². The van der Waals surface area contributed by atoms with Crippen LogP contribution in [-0.4, -0.2) is 80.0 Å². The third-order valence-corrected chi connectivity index (χ3v) is 7.45. The average molecular weight is 577 g/mol. The number of nitrogens with two attached hydrogens (primary N) is 1. The molecule has 8 nitrogen and oxygen atoms in total. The smallest absolute Gasteiger partial charge is 0.249 e. The molecule has 0 aromatic heterocycles. The summed E-state index contributed by atoms with van der Waals surface area (Å²) >= 11 is 0. The number of carbonyl (C=O) groups is 3. The molecular weight excluding hydrogens is 535 g/mol. The lowest BCUT2D eigenvalue weighted by atomic mass is 9.98. The number of ether oxygens (including phenoxy) is 1. The van der Waals surface area contributed by atoms with Gasteiger partial charge in [-0.2, -0.15) is 0 Å². The van der Waals surface area contributed by atoms with Crippen LogP contribution in [0.4, 0.5) is 4.39 Å². The highest BCUT2D eigenvalue weighted by Crippen LogP contribution is 2.21. The van der Waals surface area contributed by atoms with Gasteiger partial charge in [-0.15, -0.1) is 0 Å². The monoisotopic (exact) mass is 576 g/mol. The standard InChI is InChI=1S/C33H41FN4O4/c1-5-27(35)21-42-22-31(39)37(3)30(19-23-15-17-25(18-16-23)24-11-7-6-8-12-24)33(41)38(4)29(32(40)36-2)20-26-13-9-10-14-28(26)34/h6-18,27,29-30H,5,19-22,35H2,1-4H3,(H,36,40)/t27?,29-,30-/m1/s1. The van der Waals surface area contributed by atoms with Crippen molar-refractivity contribution in [3.8, 4) is 11.1 Å². The molecule has 0 spiro atoms. The van der Waals surface area contributed by atoms with Crippen molar-refractivity contribution >= 4 is 17.7 Å².